The smallest absolute Gasteiger partial charge is 0.266 e. The summed E-state index contributed by atoms with van der Waals surface area (Å²) in [7, 11) is 0. The van der Waals surface area contributed by atoms with E-state index in [1.54, 1.807) is 0 Å². The second-order valence-corrected chi connectivity index (χ2v) is 6.76. The summed E-state index contributed by atoms with van der Waals surface area (Å²) < 4.78 is 1.05. The maximum absolute atomic E-state index is 12.7. The van der Waals surface area contributed by atoms with Gasteiger partial charge < -0.3 is 15.7 Å². The minimum absolute atomic E-state index is 0.0257. The number of piperidine rings is 1. The monoisotopic (exact) mass is 304 g/mol. The molecule has 0 bridgehead atoms. The number of fused-ring (bicyclic) bond motifs is 1. The molecule has 1 aromatic heterocycles. The predicted molar refractivity (Wildman–Crippen MR) is 86.5 cm³/mol. The van der Waals surface area contributed by atoms with Crippen LogP contribution in [0.4, 0.5) is 5.69 Å². The molecule has 2 aromatic rings. The molecule has 112 valence electrons. The van der Waals surface area contributed by atoms with Gasteiger partial charge in [0.05, 0.1) is 11.8 Å². The first-order valence-electron chi connectivity index (χ1n) is 7.32. The van der Waals surface area contributed by atoms with Crippen molar-refractivity contribution in [2.24, 2.45) is 5.92 Å². The maximum atomic E-state index is 12.7. The van der Waals surface area contributed by atoms with Crippen LogP contribution in [0.2, 0.25) is 0 Å². The number of anilines is 1. The molecule has 4 nitrogen and oxygen atoms in total. The summed E-state index contributed by atoms with van der Waals surface area (Å²) in [6, 6.07) is 7.85. The summed E-state index contributed by atoms with van der Waals surface area (Å²) in [5, 5.41) is 10.6. The number of carbonyl (C=O) groups excluding carboxylic acids is 1. The van der Waals surface area contributed by atoms with E-state index in [2.05, 4.69) is 0 Å². The van der Waals surface area contributed by atoms with Gasteiger partial charge in [-0.15, -0.1) is 11.3 Å². The number of amides is 1. The summed E-state index contributed by atoms with van der Waals surface area (Å²) in [5.41, 5.74) is 6.74. The first-order chi connectivity index (χ1) is 10.1. The van der Waals surface area contributed by atoms with Gasteiger partial charge in [-0.2, -0.15) is 0 Å². The number of hydrogen-bond donors (Lipinski definition) is 2. The van der Waals surface area contributed by atoms with Crippen molar-refractivity contribution >= 4 is 33.0 Å². The van der Waals surface area contributed by atoms with Gasteiger partial charge in [0.25, 0.3) is 5.91 Å². The largest absolute Gasteiger partial charge is 0.397 e. The highest BCUT2D eigenvalue weighted by atomic mass is 32.1. The van der Waals surface area contributed by atoms with E-state index in [1.165, 1.54) is 11.3 Å². The third kappa shape index (κ3) is 2.63. The zero-order valence-electron chi connectivity index (χ0n) is 12.1. The molecule has 5 heteroatoms. The second kappa shape index (κ2) is 5.66. The molecule has 1 amide bonds. The van der Waals surface area contributed by atoms with Crippen LogP contribution < -0.4 is 5.73 Å². The number of benzene rings is 1. The third-order valence-corrected chi connectivity index (χ3v) is 5.51. The molecule has 0 spiro atoms. The van der Waals surface area contributed by atoms with Crippen molar-refractivity contribution in [3.63, 3.8) is 0 Å². The topological polar surface area (TPSA) is 66.6 Å². The summed E-state index contributed by atoms with van der Waals surface area (Å²) in [6.07, 6.45) is 1.42. The normalized spacial score (nSPS) is 18.1. The number of nitrogens with zero attached hydrogens (tertiary/aromatic N) is 1. The third-order valence-electron chi connectivity index (χ3n) is 4.34. The Morgan fingerprint density at radius 2 is 2.05 bits per heavy atom. The summed E-state index contributed by atoms with van der Waals surface area (Å²) in [5.74, 6) is 0.326. The van der Waals surface area contributed by atoms with Crippen molar-refractivity contribution < 1.29 is 9.90 Å². The zero-order valence-corrected chi connectivity index (χ0v) is 12.9. The van der Waals surface area contributed by atoms with Crippen LogP contribution in [0.5, 0.6) is 0 Å². The number of aliphatic hydroxyl groups excluding tert-OH is 1. The number of nitrogens with two attached hydrogens (primary N) is 1. The van der Waals surface area contributed by atoms with Gasteiger partial charge in [0.2, 0.25) is 0 Å². The Kier molecular flexibility index (Phi) is 3.87. The molecule has 1 fully saturated rings. The van der Waals surface area contributed by atoms with Crippen LogP contribution >= 0.6 is 11.3 Å². The average molecular weight is 304 g/mol. The van der Waals surface area contributed by atoms with Gasteiger partial charge in [-0.25, -0.2) is 0 Å². The first-order valence-corrected chi connectivity index (χ1v) is 8.14. The molecule has 1 aliphatic heterocycles. The second-order valence-electron chi connectivity index (χ2n) is 5.71. The summed E-state index contributed by atoms with van der Waals surface area (Å²) >= 11 is 1.47. The van der Waals surface area contributed by atoms with Crippen molar-refractivity contribution in [3.8, 4) is 0 Å². The number of likely N-dealkylation sites (tertiary alicyclic amines) is 1. The van der Waals surface area contributed by atoms with Gasteiger partial charge in [-0.05, 0) is 31.7 Å². The van der Waals surface area contributed by atoms with Crippen molar-refractivity contribution in [2.45, 2.75) is 25.9 Å². The van der Waals surface area contributed by atoms with Crippen LogP contribution in [0.15, 0.2) is 24.3 Å². The van der Waals surface area contributed by atoms with Crippen molar-refractivity contribution in [1.82, 2.24) is 4.90 Å². The van der Waals surface area contributed by atoms with E-state index in [9.17, 15) is 9.90 Å². The Morgan fingerprint density at radius 3 is 2.67 bits per heavy atom. The van der Waals surface area contributed by atoms with Crippen molar-refractivity contribution in [1.29, 1.82) is 0 Å². The molecule has 1 aliphatic rings. The van der Waals surface area contributed by atoms with Crippen LogP contribution in [0, 0.1) is 5.92 Å². The highest BCUT2D eigenvalue weighted by Crippen LogP contribution is 2.35. The molecular weight excluding hydrogens is 284 g/mol. The lowest BCUT2D eigenvalue weighted by Gasteiger charge is -2.33. The lowest BCUT2D eigenvalue weighted by Crippen LogP contribution is -2.40. The Labute approximate surface area is 128 Å². The predicted octanol–water partition coefficient (Wildman–Crippen LogP) is 2.72. The van der Waals surface area contributed by atoms with Crippen LogP contribution in [-0.2, 0) is 0 Å². The molecule has 1 atom stereocenters. The minimum Gasteiger partial charge on any atom is -0.397 e. The molecule has 0 radical (unpaired) electrons. The van der Waals surface area contributed by atoms with Crippen LogP contribution in [0.3, 0.4) is 0 Å². The molecule has 3 rings (SSSR count). The van der Waals surface area contributed by atoms with Crippen LogP contribution in [-0.4, -0.2) is 35.1 Å². The molecule has 2 heterocycles. The van der Waals surface area contributed by atoms with E-state index < -0.39 is 0 Å². The number of carbonyl (C=O) groups is 1. The molecule has 0 aliphatic carbocycles. The van der Waals surface area contributed by atoms with Crippen LogP contribution in [0.25, 0.3) is 10.1 Å². The highest BCUT2D eigenvalue weighted by Gasteiger charge is 2.28. The fourth-order valence-electron chi connectivity index (χ4n) is 2.95. The number of aliphatic hydroxyl groups is 1. The average Bonchev–Trinajstić information content (AvgIpc) is 2.84. The quantitative estimate of drug-likeness (QED) is 0.896. The van der Waals surface area contributed by atoms with Gasteiger partial charge in [0.1, 0.15) is 4.88 Å². The SMILES string of the molecule is CC(O)C1CCN(C(=O)c2sc3ccccc3c2N)CC1. The molecular formula is C16H20N2O2S. The van der Waals surface area contributed by atoms with Crippen molar-refractivity contribution in [3.05, 3.63) is 29.1 Å². The lowest BCUT2D eigenvalue weighted by atomic mass is 9.92. The van der Waals surface area contributed by atoms with E-state index in [0.29, 0.717) is 29.6 Å². The first kappa shape index (κ1) is 14.4. The van der Waals surface area contributed by atoms with E-state index in [4.69, 9.17) is 5.73 Å². The molecule has 1 unspecified atom stereocenters. The van der Waals surface area contributed by atoms with E-state index in [1.807, 2.05) is 36.1 Å². The summed E-state index contributed by atoms with van der Waals surface area (Å²) in [4.78, 5) is 15.2. The van der Waals surface area contributed by atoms with Gasteiger partial charge >= 0.3 is 0 Å². The zero-order chi connectivity index (χ0) is 15.0. The highest BCUT2D eigenvalue weighted by molar-refractivity contribution is 7.21. The Balaban J connectivity index is 1.80. The van der Waals surface area contributed by atoms with E-state index in [-0.39, 0.29) is 12.0 Å². The fraction of sp³-hybridized carbons (Fsp3) is 0.438. The Hall–Kier alpha value is -1.59. The molecule has 21 heavy (non-hydrogen) atoms. The van der Waals surface area contributed by atoms with Gasteiger partial charge in [0.15, 0.2) is 0 Å². The number of thiophene rings is 1. The standard InChI is InChI=1S/C16H20N2O2S/c1-10(19)11-6-8-18(9-7-11)16(20)15-14(17)12-4-2-3-5-13(12)21-15/h2-5,10-11,19H,6-9,17H2,1H3. The molecule has 3 N–H and O–H groups in total. The molecule has 1 aromatic carbocycles. The Bertz CT molecular complexity index is 657. The van der Waals surface area contributed by atoms with E-state index in [0.717, 1.165) is 22.9 Å². The fourth-order valence-corrected chi connectivity index (χ4v) is 4.04. The summed E-state index contributed by atoms with van der Waals surface area (Å²) in [6.45, 7) is 3.22. The molecule has 0 saturated carbocycles. The minimum atomic E-state index is -0.295. The van der Waals surface area contributed by atoms with Crippen molar-refractivity contribution in [2.75, 3.05) is 18.8 Å². The van der Waals surface area contributed by atoms with Gasteiger partial charge in [-0.1, -0.05) is 18.2 Å². The van der Waals surface area contributed by atoms with Gasteiger partial charge in [0, 0.05) is 23.2 Å². The van der Waals surface area contributed by atoms with Crippen LogP contribution in [0.1, 0.15) is 29.4 Å². The molecule has 1 saturated heterocycles. The lowest BCUT2D eigenvalue weighted by molar-refractivity contribution is 0.0526. The number of nitrogen functional groups attached to an aromatic ring is 1. The maximum Gasteiger partial charge on any atom is 0.266 e. The Morgan fingerprint density at radius 1 is 1.38 bits per heavy atom. The van der Waals surface area contributed by atoms with Gasteiger partial charge in [-0.3, -0.25) is 4.79 Å². The number of hydrogen-bond acceptors (Lipinski definition) is 4. The van der Waals surface area contributed by atoms with E-state index >= 15 is 0 Å². The number of rotatable bonds is 2.